The highest BCUT2D eigenvalue weighted by molar-refractivity contribution is 8.00. The molecule has 7 heteroatoms. The normalized spacial score (nSPS) is 10.1. The zero-order chi connectivity index (χ0) is 14.8. The SMILES string of the molecule is COCCNC(=O)COC(=O)CSc1ccccc1F. The molecule has 0 aromatic heterocycles. The molecule has 0 spiro atoms. The van der Waals surface area contributed by atoms with Gasteiger partial charge in [0, 0.05) is 18.6 Å². The van der Waals surface area contributed by atoms with Crippen molar-refractivity contribution in [1.29, 1.82) is 0 Å². The second-order valence-corrected chi connectivity index (χ2v) is 4.74. The van der Waals surface area contributed by atoms with Gasteiger partial charge in [-0.2, -0.15) is 0 Å². The van der Waals surface area contributed by atoms with Gasteiger partial charge in [-0.15, -0.1) is 11.8 Å². The van der Waals surface area contributed by atoms with Gasteiger partial charge in [0.1, 0.15) is 5.82 Å². The van der Waals surface area contributed by atoms with Gasteiger partial charge in [-0.3, -0.25) is 9.59 Å². The standard InChI is InChI=1S/C13H16FNO4S/c1-18-7-6-15-12(16)8-19-13(17)9-20-11-5-3-2-4-10(11)14/h2-5H,6-9H2,1H3,(H,15,16). The fourth-order valence-electron chi connectivity index (χ4n) is 1.23. The van der Waals surface area contributed by atoms with Gasteiger partial charge in [0.05, 0.1) is 12.4 Å². The molecule has 0 fully saturated rings. The Balaban J connectivity index is 2.21. The third-order valence-corrected chi connectivity index (χ3v) is 3.20. The minimum Gasteiger partial charge on any atom is -0.455 e. The van der Waals surface area contributed by atoms with Gasteiger partial charge in [0.25, 0.3) is 5.91 Å². The molecule has 0 saturated carbocycles. The highest BCUT2D eigenvalue weighted by Crippen LogP contribution is 2.20. The molecule has 1 aromatic rings. The Morgan fingerprint density at radius 1 is 1.35 bits per heavy atom. The molecule has 1 rings (SSSR count). The summed E-state index contributed by atoms with van der Waals surface area (Å²) in [5.41, 5.74) is 0. The molecule has 0 radical (unpaired) electrons. The van der Waals surface area contributed by atoms with Crippen LogP contribution in [0.3, 0.4) is 0 Å². The maximum atomic E-state index is 13.3. The van der Waals surface area contributed by atoms with E-state index in [0.717, 1.165) is 11.8 Å². The number of benzene rings is 1. The highest BCUT2D eigenvalue weighted by atomic mass is 32.2. The van der Waals surface area contributed by atoms with E-state index in [1.54, 1.807) is 18.2 Å². The lowest BCUT2D eigenvalue weighted by Gasteiger charge is -2.06. The fraction of sp³-hybridized carbons (Fsp3) is 0.385. The van der Waals surface area contributed by atoms with Gasteiger partial charge in [-0.05, 0) is 12.1 Å². The smallest absolute Gasteiger partial charge is 0.316 e. The quantitative estimate of drug-likeness (QED) is 0.444. The summed E-state index contributed by atoms with van der Waals surface area (Å²) >= 11 is 1.03. The van der Waals surface area contributed by atoms with Crippen LogP contribution in [-0.2, 0) is 19.1 Å². The first-order valence-electron chi connectivity index (χ1n) is 5.92. The Labute approximate surface area is 120 Å². The van der Waals surface area contributed by atoms with E-state index in [0.29, 0.717) is 18.0 Å². The minimum atomic E-state index is -0.569. The second kappa shape index (κ2) is 9.33. The molecule has 0 aliphatic heterocycles. The number of hydrogen-bond donors (Lipinski definition) is 1. The number of halogens is 1. The van der Waals surface area contributed by atoms with E-state index >= 15 is 0 Å². The van der Waals surface area contributed by atoms with E-state index in [4.69, 9.17) is 9.47 Å². The summed E-state index contributed by atoms with van der Waals surface area (Å²) in [5, 5.41) is 2.51. The van der Waals surface area contributed by atoms with Crippen LogP contribution in [-0.4, -0.2) is 44.5 Å². The van der Waals surface area contributed by atoms with Crippen LogP contribution in [0.15, 0.2) is 29.2 Å². The molecular formula is C13H16FNO4S. The minimum absolute atomic E-state index is 0.0493. The zero-order valence-electron chi connectivity index (χ0n) is 11.1. The lowest BCUT2D eigenvalue weighted by molar-refractivity contribution is -0.145. The number of nitrogens with one attached hydrogen (secondary N) is 1. The van der Waals surface area contributed by atoms with Crippen molar-refractivity contribution in [3.63, 3.8) is 0 Å². The Morgan fingerprint density at radius 2 is 2.10 bits per heavy atom. The van der Waals surface area contributed by atoms with Crippen LogP contribution in [0.2, 0.25) is 0 Å². The van der Waals surface area contributed by atoms with Crippen LogP contribution in [0.1, 0.15) is 0 Å². The van der Waals surface area contributed by atoms with Gasteiger partial charge in [-0.25, -0.2) is 4.39 Å². The predicted molar refractivity (Wildman–Crippen MR) is 73.0 cm³/mol. The summed E-state index contributed by atoms with van der Waals surface area (Å²) in [4.78, 5) is 23.0. The number of thioether (sulfide) groups is 1. The lowest BCUT2D eigenvalue weighted by atomic mass is 10.3. The number of rotatable bonds is 8. The first-order valence-corrected chi connectivity index (χ1v) is 6.90. The molecule has 0 bridgehead atoms. The Morgan fingerprint density at radius 3 is 2.80 bits per heavy atom. The molecule has 1 amide bonds. The third kappa shape index (κ3) is 6.53. The molecule has 20 heavy (non-hydrogen) atoms. The highest BCUT2D eigenvalue weighted by Gasteiger charge is 2.09. The van der Waals surface area contributed by atoms with E-state index in [1.165, 1.54) is 13.2 Å². The van der Waals surface area contributed by atoms with Gasteiger partial charge >= 0.3 is 5.97 Å². The topological polar surface area (TPSA) is 64.6 Å². The van der Waals surface area contributed by atoms with Crippen molar-refractivity contribution < 1.29 is 23.5 Å². The maximum Gasteiger partial charge on any atom is 0.316 e. The number of ether oxygens (including phenoxy) is 2. The summed E-state index contributed by atoms with van der Waals surface area (Å²) in [6, 6.07) is 6.14. The molecule has 0 saturated heterocycles. The molecule has 0 aliphatic carbocycles. The van der Waals surface area contributed by atoms with E-state index in [2.05, 4.69) is 5.32 Å². The number of esters is 1. The van der Waals surface area contributed by atoms with Crippen molar-refractivity contribution in [1.82, 2.24) is 5.32 Å². The molecule has 110 valence electrons. The van der Waals surface area contributed by atoms with Gasteiger partial charge in [0.15, 0.2) is 6.61 Å². The number of hydrogen-bond acceptors (Lipinski definition) is 5. The van der Waals surface area contributed by atoms with Crippen LogP contribution in [0.25, 0.3) is 0 Å². The summed E-state index contributed by atoms with van der Waals surface area (Å²) < 4.78 is 22.8. The van der Waals surface area contributed by atoms with Gasteiger partial charge in [0.2, 0.25) is 0 Å². The van der Waals surface area contributed by atoms with Crippen LogP contribution < -0.4 is 5.32 Å². The van der Waals surface area contributed by atoms with Gasteiger partial charge < -0.3 is 14.8 Å². The fourth-order valence-corrected chi connectivity index (χ4v) is 1.97. The average molecular weight is 301 g/mol. The second-order valence-electron chi connectivity index (χ2n) is 3.72. The van der Waals surface area contributed by atoms with Crippen molar-refractivity contribution in [2.75, 3.05) is 32.6 Å². The molecule has 1 aromatic carbocycles. The van der Waals surface area contributed by atoms with Crippen molar-refractivity contribution >= 4 is 23.6 Å². The zero-order valence-corrected chi connectivity index (χ0v) is 11.9. The summed E-state index contributed by atoms with van der Waals surface area (Å²) in [7, 11) is 1.52. The van der Waals surface area contributed by atoms with Crippen LogP contribution in [0, 0.1) is 5.82 Å². The van der Waals surface area contributed by atoms with Crippen LogP contribution >= 0.6 is 11.8 Å². The van der Waals surface area contributed by atoms with Crippen molar-refractivity contribution in [3.05, 3.63) is 30.1 Å². The third-order valence-electron chi connectivity index (χ3n) is 2.17. The predicted octanol–water partition coefficient (Wildman–Crippen LogP) is 1.22. The summed E-state index contributed by atoms with van der Waals surface area (Å²) in [6.07, 6.45) is 0. The van der Waals surface area contributed by atoms with Crippen molar-refractivity contribution in [2.45, 2.75) is 4.90 Å². The summed E-state index contributed by atoms with van der Waals surface area (Å²) in [5.74, 6) is -1.40. The van der Waals surface area contributed by atoms with Crippen molar-refractivity contribution in [2.24, 2.45) is 0 Å². The summed E-state index contributed by atoms with van der Waals surface area (Å²) in [6.45, 7) is 0.403. The Hall–Kier alpha value is -1.60. The van der Waals surface area contributed by atoms with Crippen LogP contribution in [0.4, 0.5) is 4.39 Å². The molecule has 5 nitrogen and oxygen atoms in total. The molecule has 0 atom stereocenters. The molecule has 0 aliphatic rings. The Bertz CT molecular complexity index is 456. The average Bonchev–Trinajstić information content (AvgIpc) is 2.44. The molecule has 1 N–H and O–H groups in total. The van der Waals surface area contributed by atoms with E-state index in [1.807, 2.05) is 0 Å². The molecular weight excluding hydrogens is 285 g/mol. The number of carbonyl (C=O) groups excluding carboxylic acids is 2. The lowest BCUT2D eigenvalue weighted by Crippen LogP contribution is -2.31. The number of amides is 1. The monoisotopic (exact) mass is 301 g/mol. The Kier molecular flexibility index (Phi) is 7.67. The largest absolute Gasteiger partial charge is 0.455 e. The first kappa shape index (κ1) is 16.5. The van der Waals surface area contributed by atoms with Crippen LogP contribution in [0.5, 0.6) is 0 Å². The van der Waals surface area contributed by atoms with E-state index in [9.17, 15) is 14.0 Å². The molecule has 0 heterocycles. The van der Waals surface area contributed by atoms with E-state index in [-0.39, 0.29) is 18.2 Å². The maximum absolute atomic E-state index is 13.3. The van der Waals surface area contributed by atoms with E-state index < -0.39 is 11.9 Å². The first-order chi connectivity index (χ1) is 9.63. The van der Waals surface area contributed by atoms with Crippen molar-refractivity contribution in [3.8, 4) is 0 Å². The van der Waals surface area contributed by atoms with Gasteiger partial charge in [-0.1, -0.05) is 12.1 Å². The molecule has 0 unspecified atom stereocenters. The number of carbonyl (C=O) groups is 2. The number of methoxy groups -OCH3 is 1.